The molecular weight excluding hydrogens is 442 g/mol. The van der Waals surface area contributed by atoms with Crippen molar-refractivity contribution in [1.29, 1.82) is 0 Å². The Morgan fingerprint density at radius 2 is 1.68 bits per heavy atom. The Morgan fingerprint density at radius 3 is 2.38 bits per heavy atom. The second-order valence-electron chi connectivity index (χ2n) is 7.36. The summed E-state index contributed by atoms with van der Waals surface area (Å²) in [6.45, 7) is 5.88. The number of fused-ring (bicyclic) bond motifs is 1. The molecule has 2 atom stereocenters. The average molecular weight is 469 g/mol. The lowest BCUT2D eigenvalue weighted by Crippen LogP contribution is -2.45. The van der Waals surface area contributed by atoms with Crippen molar-refractivity contribution in [2.45, 2.75) is 33.0 Å². The van der Waals surface area contributed by atoms with Gasteiger partial charge < -0.3 is 23.7 Å². The second-order valence-corrected chi connectivity index (χ2v) is 7.36. The number of hydrogen-bond acceptors (Lipinski definition) is 8. The fourth-order valence-corrected chi connectivity index (χ4v) is 3.95. The minimum Gasteiger partial charge on any atom is -0.463 e. The van der Waals surface area contributed by atoms with Crippen molar-refractivity contribution < 1.29 is 38.1 Å². The molecule has 9 nitrogen and oxygen atoms in total. The standard InChI is InChI=1S/C25H27NO8/c1-4-29-23(27)21-20(17-12-13-18-19(14-17)33-15-32-18)24(30-5-2)34-26(25(28)31-6-3)22(21)16-10-8-7-9-11-16/h7-14,20,24H,4-6,15H2,1-3H3/t20-,24-/m1/s1. The summed E-state index contributed by atoms with van der Waals surface area (Å²) < 4.78 is 27.6. The predicted molar refractivity (Wildman–Crippen MR) is 121 cm³/mol. The van der Waals surface area contributed by atoms with Gasteiger partial charge in [0, 0.05) is 12.2 Å². The molecule has 0 unspecified atom stereocenters. The number of carbonyl (C=O) groups excluding carboxylic acids is 2. The van der Waals surface area contributed by atoms with Gasteiger partial charge in [0.25, 0.3) is 0 Å². The molecule has 2 aliphatic rings. The van der Waals surface area contributed by atoms with Gasteiger partial charge in [-0.05, 0) is 38.5 Å². The second kappa shape index (κ2) is 10.6. The Balaban J connectivity index is 1.96. The minimum atomic E-state index is -1.01. The highest BCUT2D eigenvalue weighted by Gasteiger charge is 2.45. The van der Waals surface area contributed by atoms with Crippen LogP contribution in [0.1, 0.15) is 37.8 Å². The molecule has 0 saturated heterocycles. The van der Waals surface area contributed by atoms with Crippen molar-refractivity contribution in [1.82, 2.24) is 5.06 Å². The maximum Gasteiger partial charge on any atom is 0.438 e. The summed E-state index contributed by atoms with van der Waals surface area (Å²) in [5.41, 5.74) is 1.71. The van der Waals surface area contributed by atoms with Crippen molar-refractivity contribution in [2.24, 2.45) is 0 Å². The molecular formula is C25H27NO8. The molecule has 2 heterocycles. The molecule has 0 bridgehead atoms. The number of nitrogens with zero attached hydrogens (tertiary/aromatic N) is 1. The first-order chi connectivity index (χ1) is 16.6. The smallest absolute Gasteiger partial charge is 0.438 e. The van der Waals surface area contributed by atoms with E-state index >= 15 is 0 Å². The molecule has 0 aliphatic carbocycles. The molecule has 1 amide bonds. The van der Waals surface area contributed by atoms with Crippen LogP contribution in [-0.2, 0) is 23.8 Å². The molecule has 9 heteroatoms. The average Bonchev–Trinajstić information content (AvgIpc) is 3.32. The lowest BCUT2D eigenvalue weighted by molar-refractivity contribution is -0.250. The van der Waals surface area contributed by atoms with Gasteiger partial charge in [-0.2, -0.15) is 0 Å². The van der Waals surface area contributed by atoms with Crippen LogP contribution in [0.3, 0.4) is 0 Å². The van der Waals surface area contributed by atoms with Crippen molar-refractivity contribution in [3.8, 4) is 11.5 Å². The van der Waals surface area contributed by atoms with Gasteiger partial charge in [-0.3, -0.25) is 0 Å². The summed E-state index contributed by atoms with van der Waals surface area (Å²) in [6.07, 6.45) is -1.78. The number of benzene rings is 2. The molecule has 0 spiro atoms. The molecule has 2 aromatic rings. The molecule has 0 N–H and O–H groups in total. The van der Waals surface area contributed by atoms with E-state index in [-0.39, 0.29) is 37.9 Å². The fourth-order valence-electron chi connectivity index (χ4n) is 3.95. The number of rotatable bonds is 7. The Kier molecular flexibility index (Phi) is 7.34. The molecule has 0 aromatic heterocycles. The van der Waals surface area contributed by atoms with Gasteiger partial charge in [-0.15, -0.1) is 5.06 Å². The van der Waals surface area contributed by atoms with E-state index in [9.17, 15) is 9.59 Å². The van der Waals surface area contributed by atoms with Crippen LogP contribution < -0.4 is 9.47 Å². The summed E-state index contributed by atoms with van der Waals surface area (Å²) in [6, 6.07) is 14.4. The maximum absolute atomic E-state index is 13.4. The Bertz CT molecular complexity index is 1070. The summed E-state index contributed by atoms with van der Waals surface area (Å²) in [5, 5.41) is 0.981. The summed E-state index contributed by atoms with van der Waals surface area (Å²) in [7, 11) is 0. The quantitative estimate of drug-likeness (QED) is 0.556. The third-order valence-electron chi connectivity index (χ3n) is 5.31. The van der Waals surface area contributed by atoms with Crippen molar-refractivity contribution >= 4 is 17.8 Å². The van der Waals surface area contributed by atoms with Gasteiger partial charge in [0.2, 0.25) is 6.79 Å². The summed E-state index contributed by atoms with van der Waals surface area (Å²) in [4.78, 5) is 32.5. The fraction of sp³-hybridized carbons (Fsp3) is 0.360. The van der Waals surface area contributed by atoms with Crippen LogP contribution in [0.4, 0.5) is 4.79 Å². The van der Waals surface area contributed by atoms with Crippen LogP contribution >= 0.6 is 0 Å². The van der Waals surface area contributed by atoms with Gasteiger partial charge in [0.05, 0.1) is 30.4 Å². The van der Waals surface area contributed by atoms with E-state index in [1.807, 2.05) is 12.1 Å². The SMILES string of the molecule is CCOC(=O)C1=C(c2ccccc2)N(C(=O)OCC)O[C@@H](OCC)[C@@H]1c1ccc2c(c1)OCO2. The number of ether oxygens (including phenoxy) is 5. The zero-order valence-corrected chi connectivity index (χ0v) is 19.3. The topological polar surface area (TPSA) is 92.8 Å². The first kappa shape index (κ1) is 23.6. The number of esters is 1. The molecule has 0 saturated carbocycles. The maximum atomic E-state index is 13.4. The number of carbonyl (C=O) groups is 2. The van der Waals surface area contributed by atoms with E-state index in [0.717, 1.165) is 5.06 Å². The Hall–Kier alpha value is -3.56. The van der Waals surface area contributed by atoms with Crippen LogP contribution in [0, 0.1) is 0 Å². The third kappa shape index (κ3) is 4.57. The van der Waals surface area contributed by atoms with Crippen molar-refractivity contribution in [3.05, 3.63) is 65.2 Å². The molecule has 2 aliphatic heterocycles. The van der Waals surface area contributed by atoms with Gasteiger partial charge >= 0.3 is 12.1 Å². The van der Waals surface area contributed by atoms with Gasteiger partial charge in [0.15, 0.2) is 17.8 Å². The zero-order chi connectivity index (χ0) is 24.1. The van der Waals surface area contributed by atoms with E-state index in [1.54, 1.807) is 57.2 Å². The van der Waals surface area contributed by atoms with Crippen LogP contribution in [0.25, 0.3) is 5.70 Å². The molecule has 180 valence electrons. The molecule has 0 radical (unpaired) electrons. The molecule has 0 fully saturated rings. The van der Waals surface area contributed by atoms with Crippen LogP contribution in [0.5, 0.6) is 11.5 Å². The summed E-state index contributed by atoms with van der Waals surface area (Å²) in [5.74, 6) is -0.169. The van der Waals surface area contributed by atoms with E-state index in [2.05, 4.69) is 0 Å². The van der Waals surface area contributed by atoms with Gasteiger partial charge in [0.1, 0.15) is 0 Å². The monoisotopic (exact) mass is 469 g/mol. The van der Waals surface area contributed by atoms with Crippen LogP contribution in [-0.4, -0.2) is 50.0 Å². The first-order valence-corrected chi connectivity index (χ1v) is 11.2. The van der Waals surface area contributed by atoms with E-state index in [0.29, 0.717) is 22.6 Å². The molecule has 34 heavy (non-hydrogen) atoms. The lowest BCUT2D eigenvalue weighted by atomic mass is 9.86. The minimum absolute atomic E-state index is 0.112. The van der Waals surface area contributed by atoms with Gasteiger partial charge in [-0.1, -0.05) is 36.4 Å². The van der Waals surface area contributed by atoms with E-state index in [4.69, 9.17) is 28.5 Å². The lowest BCUT2D eigenvalue weighted by Gasteiger charge is -2.39. The van der Waals surface area contributed by atoms with Crippen LogP contribution in [0.15, 0.2) is 54.1 Å². The molecule has 2 aromatic carbocycles. The summed E-state index contributed by atoms with van der Waals surface area (Å²) >= 11 is 0. The zero-order valence-electron chi connectivity index (χ0n) is 19.3. The predicted octanol–water partition coefficient (Wildman–Crippen LogP) is 4.24. The van der Waals surface area contributed by atoms with Crippen molar-refractivity contribution in [3.63, 3.8) is 0 Å². The largest absolute Gasteiger partial charge is 0.463 e. The highest BCUT2D eigenvalue weighted by Crippen LogP contribution is 2.45. The highest BCUT2D eigenvalue weighted by atomic mass is 16.8. The van der Waals surface area contributed by atoms with Crippen molar-refractivity contribution in [2.75, 3.05) is 26.6 Å². The first-order valence-electron chi connectivity index (χ1n) is 11.2. The van der Waals surface area contributed by atoms with E-state index in [1.165, 1.54) is 0 Å². The number of amides is 1. The normalized spacial score (nSPS) is 19.2. The molecule has 4 rings (SSSR count). The Morgan fingerprint density at radius 1 is 0.941 bits per heavy atom. The highest BCUT2D eigenvalue weighted by molar-refractivity contribution is 6.01. The number of hydroxylamine groups is 2. The third-order valence-corrected chi connectivity index (χ3v) is 5.31. The van der Waals surface area contributed by atoms with E-state index < -0.39 is 24.3 Å². The van der Waals surface area contributed by atoms with Crippen LogP contribution in [0.2, 0.25) is 0 Å². The van der Waals surface area contributed by atoms with Gasteiger partial charge in [-0.25, -0.2) is 14.4 Å². The Labute approximate surface area is 197 Å². The number of hydrogen-bond donors (Lipinski definition) is 0.